The highest BCUT2D eigenvalue weighted by Gasteiger charge is 2.35. The molecule has 2 atom stereocenters. The first-order chi connectivity index (χ1) is 7.20. The van der Waals surface area contributed by atoms with Gasteiger partial charge >= 0.3 is 5.97 Å². The van der Waals surface area contributed by atoms with E-state index in [1.165, 1.54) is 0 Å². The number of carboxylic acids is 1. The Morgan fingerprint density at radius 3 is 2.87 bits per heavy atom. The van der Waals surface area contributed by atoms with Gasteiger partial charge in [-0.05, 0) is 12.5 Å². The summed E-state index contributed by atoms with van der Waals surface area (Å²) in [5.74, 6) is -1.30. The van der Waals surface area contributed by atoms with Gasteiger partial charge in [-0.3, -0.25) is 4.79 Å². The Bertz CT molecular complexity index is 378. The van der Waals surface area contributed by atoms with Gasteiger partial charge < -0.3 is 9.84 Å². The van der Waals surface area contributed by atoms with E-state index in [-0.39, 0.29) is 0 Å². The van der Waals surface area contributed by atoms with Gasteiger partial charge in [-0.2, -0.15) is 0 Å². The molecule has 1 aliphatic rings. The minimum atomic E-state index is -0.822. The average Bonchev–Trinajstić information content (AvgIpc) is 2.67. The van der Waals surface area contributed by atoms with E-state index in [2.05, 4.69) is 0 Å². The van der Waals surface area contributed by atoms with Crippen molar-refractivity contribution >= 4 is 17.6 Å². The van der Waals surface area contributed by atoms with Gasteiger partial charge in [0.2, 0.25) is 0 Å². The van der Waals surface area contributed by atoms with Crippen LogP contribution in [0, 0.1) is 5.92 Å². The van der Waals surface area contributed by atoms with E-state index >= 15 is 0 Å². The number of rotatable bonds is 2. The molecule has 2 rings (SSSR count). The van der Waals surface area contributed by atoms with Crippen LogP contribution in [0.4, 0.5) is 0 Å². The van der Waals surface area contributed by atoms with E-state index in [4.69, 9.17) is 21.4 Å². The lowest BCUT2D eigenvalue weighted by molar-refractivity contribution is -0.143. The van der Waals surface area contributed by atoms with Gasteiger partial charge in [0.15, 0.2) is 0 Å². The summed E-state index contributed by atoms with van der Waals surface area (Å²) in [6, 6.07) is 7.21. The molecule has 0 aromatic heterocycles. The summed E-state index contributed by atoms with van der Waals surface area (Å²) >= 11 is 6.00. The molecule has 1 aromatic carbocycles. The molecule has 2 unspecified atom stereocenters. The highest BCUT2D eigenvalue weighted by Crippen LogP contribution is 2.37. The molecule has 1 aromatic rings. The van der Waals surface area contributed by atoms with Gasteiger partial charge in [-0.1, -0.05) is 29.8 Å². The van der Waals surface area contributed by atoms with Gasteiger partial charge in [0.1, 0.15) is 0 Å². The fourth-order valence-corrected chi connectivity index (χ4v) is 2.10. The van der Waals surface area contributed by atoms with Crippen LogP contribution in [-0.4, -0.2) is 17.7 Å². The molecule has 15 heavy (non-hydrogen) atoms. The van der Waals surface area contributed by atoms with E-state index in [1.807, 2.05) is 18.2 Å². The van der Waals surface area contributed by atoms with Crippen molar-refractivity contribution in [2.45, 2.75) is 12.5 Å². The van der Waals surface area contributed by atoms with Crippen molar-refractivity contribution in [1.29, 1.82) is 0 Å². The Morgan fingerprint density at radius 2 is 2.20 bits per heavy atom. The summed E-state index contributed by atoms with van der Waals surface area (Å²) in [5.41, 5.74) is 0.768. The largest absolute Gasteiger partial charge is 0.481 e. The molecule has 1 heterocycles. The van der Waals surface area contributed by atoms with Crippen molar-refractivity contribution in [3.8, 4) is 0 Å². The highest BCUT2D eigenvalue weighted by atomic mass is 35.5. The first-order valence-corrected chi connectivity index (χ1v) is 5.17. The maximum atomic E-state index is 11.0. The third-order valence-electron chi connectivity index (χ3n) is 2.62. The molecule has 4 heteroatoms. The van der Waals surface area contributed by atoms with Crippen LogP contribution in [0.5, 0.6) is 0 Å². The Hall–Kier alpha value is -1.06. The van der Waals surface area contributed by atoms with Gasteiger partial charge in [-0.25, -0.2) is 0 Å². The Morgan fingerprint density at radius 1 is 1.47 bits per heavy atom. The van der Waals surface area contributed by atoms with Crippen LogP contribution in [0.1, 0.15) is 18.1 Å². The minimum Gasteiger partial charge on any atom is -0.481 e. The summed E-state index contributed by atoms with van der Waals surface area (Å²) in [6.07, 6.45) is 0.141. The number of hydrogen-bond donors (Lipinski definition) is 1. The lowest BCUT2D eigenvalue weighted by Crippen LogP contribution is -2.17. The maximum absolute atomic E-state index is 11.0. The standard InChI is InChI=1S/C11H11ClO3/c12-9-4-2-1-3-7(9)10-8(11(13)14)5-6-15-10/h1-4,8,10H,5-6H2,(H,13,14). The summed E-state index contributed by atoms with van der Waals surface area (Å²) < 4.78 is 5.43. The fourth-order valence-electron chi connectivity index (χ4n) is 1.85. The first-order valence-electron chi connectivity index (χ1n) is 4.79. The van der Waals surface area contributed by atoms with Gasteiger partial charge in [0.05, 0.1) is 12.0 Å². The van der Waals surface area contributed by atoms with Crippen molar-refractivity contribution in [3.63, 3.8) is 0 Å². The van der Waals surface area contributed by atoms with Gasteiger partial charge in [0.25, 0.3) is 0 Å². The quantitative estimate of drug-likeness (QED) is 0.843. The van der Waals surface area contributed by atoms with Crippen LogP contribution < -0.4 is 0 Å². The summed E-state index contributed by atoms with van der Waals surface area (Å²) in [5, 5.41) is 9.58. The summed E-state index contributed by atoms with van der Waals surface area (Å²) in [6.45, 7) is 0.479. The molecular formula is C11H11ClO3. The topological polar surface area (TPSA) is 46.5 Å². The molecule has 0 saturated carbocycles. The number of aliphatic carboxylic acids is 1. The lowest BCUT2D eigenvalue weighted by atomic mass is 9.95. The van der Waals surface area contributed by atoms with Crippen LogP contribution in [0.25, 0.3) is 0 Å². The predicted molar refractivity (Wildman–Crippen MR) is 55.9 cm³/mol. The molecule has 0 radical (unpaired) electrons. The summed E-state index contributed by atoms with van der Waals surface area (Å²) in [4.78, 5) is 11.0. The van der Waals surface area contributed by atoms with Crippen molar-refractivity contribution < 1.29 is 14.6 Å². The number of halogens is 1. The highest BCUT2D eigenvalue weighted by molar-refractivity contribution is 6.31. The zero-order valence-corrected chi connectivity index (χ0v) is 8.78. The Labute approximate surface area is 92.6 Å². The maximum Gasteiger partial charge on any atom is 0.309 e. The zero-order valence-electron chi connectivity index (χ0n) is 8.02. The van der Waals surface area contributed by atoms with Gasteiger partial charge in [0, 0.05) is 17.2 Å². The van der Waals surface area contributed by atoms with E-state index in [0.717, 1.165) is 5.56 Å². The van der Waals surface area contributed by atoms with Crippen LogP contribution in [0.3, 0.4) is 0 Å². The van der Waals surface area contributed by atoms with Crippen LogP contribution >= 0.6 is 11.6 Å². The molecule has 0 amide bonds. The fraction of sp³-hybridized carbons (Fsp3) is 0.364. The van der Waals surface area contributed by atoms with Crippen LogP contribution in [0.15, 0.2) is 24.3 Å². The third-order valence-corrected chi connectivity index (χ3v) is 2.96. The molecular weight excluding hydrogens is 216 g/mol. The summed E-state index contributed by atoms with van der Waals surface area (Å²) in [7, 11) is 0. The molecule has 0 bridgehead atoms. The predicted octanol–water partition coefficient (Wildman–Crippen LogP) is 2.50. The average molecular weight is 227 g/mol. The van der Waals surface area contributed by atoms with E-state index in [1.54, 1.807) is 6.07 Å². The van der Waals surface area contributed by atoms with Crippen LogP contribution in [-0.2, 0) is 9.53 Å². The second-order valence-electron chi connectivity index (χ2n) is 3.55. The van der Waals surface area contributed by atoms with Crippen molar-refractivity contribution in [1.82, 2.24) is 0 Å². The SMILES string of the molecule is O=C(O)C1CCOC1c1ccccc1Cl. The zero-order chi connectivity index (χ0) is 10.8. The van der Waals surface area contributed by atoms with Crippen molar-refractivity contribution in [3.05, 3.63) is 34.9 Å². The molecule has 0 aliphatic carbocycles. The van der Waals surface area contributed by atoms with E-state index in [0.29, 0.717) is 18.1 Å². The molecule has 80 valence electrons. The smallest absolute Gasteiger partial charge is 0.309 e. The molecule has 3 nitrogen and oxygen atoms in total. The third kappa shape index (κ3) is 1.98. The number of hydrogen-bond acceptors (Lipinski definition) is 2. The monoisotopic (exact) mass is 226 g/mol. The Balaban J connectivity index is 2.30. The van der Waals surface area contributed by atoms with Crippen molar-refractivity contribution in [2.75, 3.05) is 6.61 Å². The van der Waals surface area contributed by atoms with Gasteiger partial charge in [-0.15, -0.1) is 0 Å². The second-order valence-corrected chi connectivity index (χ2v) is 3.95. The van der Waals surface area contributed by atoms with E-state index < -0.39 is 18.0 Å². The number of carbonyl (C=O) groups is 1. The molecule has 0 spiro atoms. The number of benzene rings is 1. The van der Waals surface area contributed by atoms with Crippen LogP contribution in [0.2, 0.25) is 5.02 Å². The molecule has 1 aliphatic heterocycles. The Kier molecular flexibility index (Phi) is 2.93. The lowest BCUT2D eigenvalue weighted by Gasteiger charge is -2.16. The number of carboxylic acid groups (broad SMARTS) is 1. The minimum absolute atomic E-state index is 0.406. The second kappa shape index (κ2) is 4.21. The normalized spacial score (nSPS) is 25.4. The first kappa shape index (κ1) is 10.5. The molecule has 1 saturated heterocycles. The molecule has 1 fully saturated rings. The number of ether oxygens (including phenoxy) is 1. The molecule has 1 N–H and O–H groups in total. The van der Waals surface area contributed by atoms with Crippen molar-refractivity contribution in [2.24, 2.45) is 5.92 Å². The van der Waals surface area contributed by atoms with E-state index in [9.17, 15) is 4.79 Å².